The van der Waals surface area contributed by atoms with Gasteiger partial charge in [0.05, 0.1) is 12.1 Å². The Morgan fingerprint density at radius 3 is 2.64 bits per heavy atom. The highest BCUT2D eigenvalue weighted by atomic mass is 32.1. The molecule has 1 saturated carbocycles. The SMILES string of the molecule is CC(C)c1ccc(CN(CC(=O)Nc2sccc2C#N)C2CC2)cc1. The summed E-state index contributed by atoms with van der Waals surface area (Å²) in [5, 5.41) is 14.4. The van der Waals surface area contributed by atoms with E-state index in [0.29, 0.717) is 29.1 Å². The van der Waals surface area contributed by atoms with Crippen molar-refractivity contribution in [1.82, 2.24) is 4.90 Å². The van der Waals surface area contributed by atoms with Crippen LogP contribution in [0.5, 0.6) is 0 Å². The molecular formula is C20H23N3OS. The molecule has 0 aliphatic heterocycles. The molecule has 1 aliphatic rings. The number of nitriles is 1. The third-order valence-corrected chi connectivity index (χ3v) is 5.31. The first-order chi connectivity index (χ1) is 12.1. The maximum absolute atomic E-state index is 12.4. The molecule has 0 atom stereocenters. The lowest BCUT2D eigenvalue weighted by Crippen LogP contribution is -2.34. The Labute approximate surface area is 153 Å². The normalized spacial score (nSPS) is 13.9. The Bertz CT molecular complexity index is 769. The second kappa shape index (κ2) is 7.81. The first-order valence-corrected chi connectivity index (χ1v) is 9.55. The Morgan fingerprint density at radius 2 is 2.04 bits per heavy atom. The molecule has 25 heavy (non-hydrogen) atoms. The van der Waals surface area contributed by atoms with Crippen LogP contribution in [-0.2, 0) is 11.3 Å². The Morgan fingerprint density at radius 1 is 1.32 bits per heavy atom. The summed E-state index contributed by atoms with van der Waals surface area (Å²) in [6.07, 6.45) is 2.31. The second-order valence-electron chi connectivity index (χ2n) is 6.86. The van der Waals surface area contributed by atoms with E-state index in [1.807, 2.05) is 5.38 Å². The third kappa shape index (κ3) is 4.68. The van der Waals surface area contributed by atoms with Gasteiger partial charge < -0.3 is 5.32 Å². The van der Waals surface area contributed by atoms with Crippen LogP contribution in [0.15, 0.2) is 35.7 Å². The largest absolute Gasteiger partial charge is 0.315 e. The van der Waals surface area contributed by atoms with E-state index in [1.165, 1.54) is 22.5 Å². The lowest BCUT2D eigenvalue weighted by molar-refractivity contribution is -0.117. The highest BCUT2D eigenvalue weighted by Gasteiger charge is 2.30. The van der Waals surface area contributed by atoms with Gasteiger partial charge >= 0.3 is 0 Å². The van der Waals surface area contributed by atoms with Crippen molar-refractivity contribution in [3.05, 3.63) is 52.4 Å². The van der Waals surface area contributed by atoms with Gasteiger partial charge in [-0.1, -0.05) is 38.1 Å². The molecule has 4 nitrogen and oxygen atoms in total. The van der Waals surface area contributed by atoms with Gasteiger partial charge in [-0.05, 0) is 41.3 Å². The highest BCUT2D eigenvalue weighted by molar-refractivity contribution is 7.14. The summed E-state index contributed by atoms with van der Waals surface area (Å²) in [6.45, 7) is 5.53. The molecule has 130 valence electrons. The number of carbonyl (C=O) groups excluding carboxylic acids is 1. The molecule has 1 N–H and O–H groups in total. The fourth-order valence-corrected chi connectivity index (χ4v) is 3.59. The molecule has 3 rings (SSSR count). The fourth-order valence-electron chi connectivity index (χ4n) is 2.84. The molecule has 5 heteroatoms. The standard InChI is InChI=1S/C20H23N3OS/c1-14(2)16-5-3-15(4-6-16)12-23(18-7-8-18)13-19(24)22-20-17(11-21)9-10-25-20/h3-6,9-10,14,18H,7-8,12-13H2,1-2H3,(H,22,24). The van der Waals surface area contributed by atoms with E-state index in [0.717, 1.165) is 19.4 Å². The van der Waals surface area contributed by atoms with Crippen molar-refractivity contribution < 1.29 is 4.79 Å². The summed E-state index contributed by atoms with van der Waals surface area (Å²) in [7, 11) is 0. The van der Waals surface area contributed by atoms with Crippen LogP contribution in [-0.4, -0.2) is 23.4 Å². The lowest BCUT2D eigenvalue weighted by atomic mass is 10.0. The van der Waals surface area contributed by atoms with Crippen molar-refractivity contribution in [2.45, 2.75) is 45.2 Å². The molecule has 0 saturated heterocycles. The second-order valence-corrected chi connectivity index (χ2v) is 7.77. The van der Waals surface area contributed by atoms with Gasteiger partial charge in [0.15, 0.2) is 0 Å². The molecule has 1 heterocycles. The molecule has 1 fully saturated rings. The summed E-state index contributed by atoms with van der Waals surface area (Å²) >= 11 is 1.39. The van der Waals surface area contributed by atoms with Gasteiger partial charge in [-0.2, -0.15) is 5.26 Å². The maximum atomic E-state index is 12.4. The smallest absolute Gasteiger partial charge is 0.239 e. The summed E-state index contributed by atoms with van der Waals surface area (Å²) in [4.78, 5) is 14.6. The average molecular weight is 353 g/mol. The van der Waals surface area contributed by atoms with Gasteiger partial charge in [0.1, 0.15) is 11.1 Å². The molecular weight excluding hydrogens is 330 g/mol. The minimum absolute atomic E-state index is 0.0512. The van der Waals surface area contributed by atoms with Gasteiger partial charge in [-0.3, -0.25) is 9.69 Å². The summed E-state index contributed by atoms with van der Waals surface area (Å²) in [5.41, 5.74) is 3.10. The zero-order valence-corrected chi connectivity index (χ0v) is 15.5. The minimum Gasteiger partial charge on any atom is -0.315 e. The average Bonchev–Trinajstić information content (AvgIpc) is 3.35. The topological polar surface area (TPSA) is 56.1 Å². The van der Waals surface area contributed by atoms with Gasteiger partial charge in [0.25, 0.3) is 0 Å². The van der Waals surface area contributed by atoms with Crippen LogP contribution in [0.25, 0.3) is 0 Å². The zero-order valence-electron chi connectivity index (χ0n) is 14.7. The van der Waals surface area contributed by atoms with E-state index in [-0.39, 0.29) is 5.91 Å². The van der Waals surface area contributed by atoms with Crippen molar-refractivity contribution in [2.24, 2.45) is 0 Å². The van der Waals surface area contributed by atoms with Crippen LogP contribution >= 0.6 is 11.3 Å². The Kier molecular flexibility index (Phi) is 5.52. The predicted molar refractivity (Wildman–Crippen MR) is 102 cm³/mol. The van der Waals surface area contributed by atoms with Gasteiger partial charge in [0.2, 0.25) is 5.91 Å². The first-order valence-electron chi connectivity index (χ1n) is 8.67. The number of thiophene rings is 1. The van der Waals surface area contributed by atoms with Crippen molar-refractivity contribution in [3.8, 4) is 6.07 Å². The number of nitrogens with zero attached hydrogens (tertiary/aromatic N) is 2. The summed E-state index contributed by atoms with van der Waals surface area (Å²) in [5.74, 6) is 0.476. The highest BCUT2D eigenvalue weighted by Crippen LogP contribution is 2.29. The number of hydrogen-bond donors (Lipinski definition) is 1. The first kappa shape index (κ1) is 17.7. The molecule has 1 aliphatic carbocycles. The van der Waals surface area contributed by atoms with Crippen molar-refractivity contribution >= 4 is 22.2 Å². The van der Waals surface area contributed by atoms with Crippen LogP contribution in [0.2, 0.25) is 0 Å². The summed E-state index contributed by atoms with van der Waals surface area (Å²) < 4.78 is 0. The van der Waals surface area contributed by atoms with Crippen LogP contribution < -0.4 is 5.32 Å². The fraction of sp³-hybridized carbons (Fsp3) is 0.400. The van der Waals surface area contributed by atoms with E-state index in [4.69, 9.17) is 5.26 Å². The third-order valence-electron chi connectivity index (χ3n) is 4.48. The molecule has 1 amide bonds. The number of amides is 1. The van der Waals surface area contributed by atoms with Gasteiger partial charge in [0, 0.05) is 12.6 Å². The lowest BCUT2D eigenvalue weighted by Gasteiger charge is -2.21. The van der Waals surface area contributed by atoms with Crippen molar-refractivity contribution in [1.29, 1.82) is 5.26 Å². The van der Waals surface area contributed by atoms with Crippen molar-refractivity contribution in [2.75, 3.05) is 11.9 Å². The molecule has 0 bridgehead atoms. The Hall–Kier alpha value is -2.16. The molecule has 1 aromatic carbocycles. The molecule has 0 radical (unpaired) electrons. The van der Waals surface area contributed by atoms with E-state index in [9.17, 15) is 4.79 Å². The van der Waals surface area contributed by atoms with Gasteiger partial charge in [-0.15, -0.1) is 11.3 Å². The van der Waals surface area contributed by atoms with E-state index in [2.05, 4.69) is 54.4 Å². The zero-order chi connectivity index (χ0) is 17.8. The summed E-state index contributed by atoms with van der Waals surface area (Å²) in [6, 6.07) is 13.0. The number of hydrogen-bond acceptors (Lipinski definition) is 4. The van der Waals surface area contributed by atoms with Crippen LogP contribution in [0.1, 0.15) is 49.3 Å². The number of benzene rings is 1. The van der Waals surface area contributed by atoms with Gasteiger partial charge in [-0.25, -0.2) is 0 Å². The minimum atomic E-state index is -0.0512. The number of carbonyl (C=O) groups is 1. The molecule has 2 aromatic rings. The molecule has 0 spiro atoms. The predicted octanol–water partition coefficient (Wildman–Crippen LogP) is 4.35. The van der Waals surface area contributed by atoms with Crippen LogP contribution in [0.3, 0.4) is 0 Å². The van der Waals surface area contributed by atoms with Crippen LogP contribution in [0.4, 0.5) is 5.00 Å². The van der Waals surface area contributed by atoms with E-state index in [1.54, 1.807) is 6.07 Å². The monoisotopic (exact) mass is 353 g/mol. The maximum Gasteiger partial charge on any atom is 0.239 e. The quantitative estimate of drug-likeness (QED) is 0.805. The van der Waals surface area contributed by atoms with Crippen molar-refractivity contribution in [3.63, 3.8) is 0 Å². The van der Waals surface area contributed by atoms with Crippen LogP contribution in [0, 0.1) is 11.3 Å². The molecule has 0 unspecified atom stereocenters. The Balaban J connectivity index is 1.61. The van der Waals surface area contributed by atoms with E-state index >= 15 is 0 Å². The molecule has 1 aromatic heterocycles. The number of nitrogens with one attached hydrogen (secondary N) is 1. The number of anilines is 1. The van der Waals surface area contributed by atoms with E-state index < -0.39 is 0 Å². The number of rotatable bonds is 7.